The predicted molar refractivity (Wildman–Crippen MR) is 129 cm³/mol. The summed E-state index contributed by atoms with van der Waals surface area (Å²) in [4.78, 5) is 24.5. The molecule has 178 valence electrons. The summed E-state index contributed by atoms with van der Waals surface area (Å²) < 4.78 is 12.1. The minimum Gasteiger partial charge on any atom is -0.408 e. The van der Waals surface area contributed by atoms with Crippen LogP contribution in [0.15, 0.2) is 51.7 Å². The van der Waals surface area contributed by atoms with Gasteiger partial charge in [-0.05, 0) is 48.1 Å². The topological polar surface area (TPSA) is 109 Å². The lowest BCUT2D eigenvalue weighted by Crippen LogP contribution is -2.44. The van der Waals surface area contributed by atoms with E-state index in [0.717, 1.165) is 48.0 Å². The number of carbonyl (C=O) groups is 1. The van der Waals surface area contributed by atoms with E-state index in [1.807, 2.05) is 36.4 Å². The normalized spacial score (nSPS) is 19.7. The van der Waals surface area contributed by atoms with Crippen LogP contribution in [0, 0.1) is 17.2 Å². The van der Waals surface area contributed by atoms with Crippen LogP contribution in [0.1, 0.15) is 24.8 Å². The number of fused-ring (bicyclic) bond motifs is 1. The molecule has 4 rings (SSSR count). The zero-order chi connectivity index (χ0) is 24.1. The maximum atomic E-state index is 12.8. The molecule has 3 aromatic rings. The van der Waals surface area contributed by atoms with E-state index in [1.165, 1.54) is 4.57 Å². The SMILES string of the molecule is COC1CCCC(C(=O)N[C@H](C#N)Cc2ccc(-c3ccc4oc(=O)n(C)c4c3)cc2)CNC1. The van der Waals surface area contributed by atoms with Crippen molar-refractivity contribution < 1.29 is 13.9 Å². The molecule has 2 aromatic carbocycles. The fourth-order valence-electron chi connectivity index (χ4n) is 4.43. The molecule has 1 amide bonds. The third-order valence-corrected chi connectivity index (χ3v) is 6.54. The number of nitrogens with one attached hydrogen (secondary N) is 2. The average molecular weight is 463 g/mol. The van der Waals surface area contributed by atoms with Gasteiger partial charge >= 0.3 is 5.76 Å². The summed E-state index contributed by atoms with van der Waals surface area (Å²) in [6.45, 7) is 1.32. The highest BCUT2D eigenvalue weighted by Gasteiger charge is 2.24. The molecule has 0 saturated carbocycles. The van der Waals surface area contributed by atoms with Crippen LogP contribution in [0.4, 0.5) is 0 Å². The van der Waals surface area contributed by atoms with Crippen LogP contribution >= 0.6 is 0 Å². The summed E-state index contributed by atoms with van der Waals surface area (Å²) in [5.41, 5.74) is 4.21. The molecule has 1 aliphatic heterocycles. The molecule has 0 spiro atoms. The minimum atomic E-state index is -0.590. The van der Waals surface area contributed by atoms with Gasteiger partial charge in [-0.15, -0.1) is 0 Å². The predicted octanol–water partition coefficient (Wildman–Crippen LogP) is 2.75. The first-order valence-electron chi connectivity index (χ1n) is 11.6. The Morgan fingerprint density at radius 2 is 2.00 bits per heavy atom. The van der Waals surface area contributed by atoms with E-state index >= 15 is 0 Å². The van der Waals surface area contributed by atoms with E-state index in [9.17, 15) is 14.9 Å². The highest BCUT2D eigenvalue weighted by Crippen LogP contribution is 2.24. The van der Waals surface area contributed by atoms with E-state index in [1.54, 1.807) is 20.2 Å². The van der Waals surface area contributed by atoms with E-state index < -0.39 is 6.04 Å². The molecule has 8 nitrogen and oxygen atoms in total. The molecule has 34 heavy (non-hydrogen) atoms. The van der Waals surface area contributed by atoms with Crippen LogP contribution in [-0.2, 0) is 23.0 Å². The third-order valence-electron chi connectivity index (χ3n) is 6.54. The van der Waals surface area contributed by atoms with E-state index in [0.29, 0.717) is 18.5 Å². The van der Waals surface area contributed by atoms with Crippen molar-refractivity contribution in [2.45, 2.75) is 37.8 Å². The molecule has 1 aliphatic rings. The average Bonchev–Trinajstić information content (AvgIpc) is 3.12. The molecule has 2 N–H and O–H groups in total. The first-order valence-corrected chi connectivity index (χ1v) is 11.6. The summed E-state index contributed by atoms with van der Waals surface area (Å²) in [6, 6.07) is 15.2. The smallest absolute Gasteiger partial charge is 0.408 e. The maximum Gasteiger partial charge on any atom is 0.419 e. The number of amides is 1. The van der Waals surface area contributed by atoms with Crippen LogP contribution in [0.2, 0.25) is 0 Å². The van der Waals surface area contributed by atoms with Crippen molar-refractivity contribution in [2.24, 2.45) is 13.0 Å². The number of hydrogen-bond acceptors (Lipinski definition) is 6. The first kappa shape index (κ1) is 23.7. The van der Waals surface area contributed by atoms with Crippen LogP contribution in [0.3, 0.4) is 0 Å². The lowest BCUT2D eigenvalue weighted by molar-refractivity contribution is -0.125. The Kier molecular flexibility index (Phi) is 7.46. The highest BCUT2D eigenvalue weighted by molar-refractivity contribution is 5.81. The Balaban J connectivity index is 1.38. The molecule has 1 saturated heterocycles. The lowest BCUT2D eigenvalue weighted by atomic mass is 9.96. The van der Waals surface area contributed by atoms with Crippen molar-refractivity contribution in [2.75, 3.05) is 20.2 Å². The van der Waals surface area contributed by atoms with Crippen molar-refractivity contribution in [1.82, 2.24) is 15.2 Å². The number of benzene rings is 2. The van der Waals surface area contributed by atoms with Crippen molar-refractivity contribution in [3.05, 3.63) is 58.6 Å². The van der Waals surface area contributed by atoms with Crippen molar-refractivity contribution in [1.29, 1.82) is 5.26 Å². The minimum absolute atomic E-state index is 0.0782. The Morgan fingerprint density at radius 1 is 1.24 bits per heavy atom. The van der Waals surface area contributed by atoms with E-state index in [2.05, 4.69) is 16.7 Å². The molecule has 0 bridgehead atoms. The highest BCUT2D eigenvalue weighted by atomic mass is 16.5. The largest absolute Gasteiger partial charge is 0.419 e. The monoisotopic (exact) mass is 462 g/mol. The summed E-state index contributed by atoms with van der Waals surface area (Å²) >= 11 is 0. The standard InChI is InChI=1S/C26H30N4O4/c1-30-23-13-19(10-11-24(23)34-26(30)32)18-8-6-17(7-9-18)12-21(14-27)29-25(31)20-4-3-5-22(33-2)16-28-15-20/h6-11,13,20-22,28H,3-5,12,15-16H2,1-2H3,(H,29,31)/t20?,21-,22?/m0/s1. The number of aryl methyl sites for hydroxylation is 1. The van der Waals surface area contributed by atoms with Gasteiger partial charge < -0.3 is 19.8 Å². The second kappa shape index (κ2) is 10.7. The van der Waals surface area contributed by atoms with Gasteiger partial charge in [0.15, 0.2) is 5.58 Å². The number of oxazole rings is 1. The number of methoxy groups -OCH3 is 1. The third kappa shape index (κ3) is 5.38. The Labute approximate surface area is 198 Å². The molecular formula is C26H30N4O4. The molecule has 2 unspecified atom stereocenters. The van der Waals surface area contributed by atoms with Crippen molar-refractivity contribution in [3.8, 4) is 17.2 Å². The summed E-state index contributed by atoms with van der Waals surface area (Å²) in [5, 5.41) is 15.9. The molecular weight excluding hydrogens is 432 g/mol. The summed E-state index contributed by atoms with van der Waals surface area (Å²) in [7, 11) is 3.39. The van der Waals surface area contributed by atoms with Crippen LogP contribution in [0.5, 0.6) is 0 Å². The van der Waals surface area contributed by atoms with Crippen LogP contribution in [-0.4, -0.2) is 42.8 Å². The zero-order valence-electron chi connectivity index (χ0n) is 19.5. The van der Waals surface area contributed by atoms with Crippen LogP contribution < -0.4 is 16.4 Å². The van der Waals surface area contributed by atoms with Gasteiger partial charge in [0, 0.05) is 33.7 Å². The first-order chi connectivity index (χ1) is 16.5. The molecule has 0 aliphatic carbocycles. The van der Waals surface area contributed by atoms with Crippen molar-refractivity contribution >= 4 is 17.0 Å². The maximum absolute atomic E-state index is 12.8. The van der Waals surface area contributed by atoms with Gasteiger partial charge in [-0.25, -0.2) is 4.79 Å². The van der Waals surface area contributed by atoms with Gasteiger partial charge in [0.25, 0.3) is 0 Å². The number of rotatable bonds is 6. The fourth-order valence-corrected chi connectivity index (χ4v) is 4.43. The molecule has 1 aromatic heterocycles. The fraction of sp³-hybridized carbons (Fsp3) is 0.423. The number of nitrogens with zero attached hydrogens (tertiary/aromatic N) is 2. The quantitative estimate of drug-likeness (QED) is 0.583. The molecule has 1 fully saturated rings. The number of ether oxygens (including phenoxy) is 1. The Morgan fingerprint density at radius 3 is 2.74 bits per heavy atom. The lowest BCUT2D eigenvalue weighted by Gasteiger charge is -2.25. The van der Waals surface area contributed by atoms with Gasteiger partial charge in [-0.2, -0.15) is 5.26 Å². The van der Waals surface area contributed by atoms with Gasteiger partial charge in [-0.3, -0.25) is 9.36 Å². The molecule has 8 heteroatoms. The number of carbonyl (C=O) groups excluding carboxylic acids is 1. The summed E-state index contributed by atoms with van der Waals surface area (Å²) in [6.07, 6.45) is 3.25. The number of nitriles is 1. The van der Waals surface area contributed by atoms with E-state index in [-0.39, 0.29) is 23.7 Å². The molecule has 2 heterocycles. The second-order valence-corrected chi connectivity index (χ2v) is 8.84. The van der Waals surface area contributed by atoms with Gasteiger partial charge in [0.05, 0.1) is 23.6 Å². The Hall–Kier alpha value is -3.41. The second-order valence-electron chi connectivity index (χ2n) is 8.84. The number of aromatic nitrogens is 1. The molecule has 0 radical (unpaired) electrons. The van der Waals surface area contributed by atoms with Gasteiger partial charge in [0.2, 0.25) is 5.91 Å². The van der Waals surface area contributed by atoms with Crippen molar-refractivity contribution in [3.63, 3.8) is 0 Å². The van der Waals surface area contributed by atoms with Gasteiger partial charge in [-0.1, -0.05) is 30.3 Å². The number of hydrogen-bond donors (Lipinski definition) is 2. The summed E-state index contributed by atoms with van der Waals surface area (Å²) in [5.74, 6) is -0.614. The molecule has 3 atom stereocenters. The Bertz CT molecular complexity index is 1230. The van der Waals surface area contributed by atoms with E-state index in [4.69, 9.17) is 9.15 Å². The zero-order valence-corrected chi connectivity index (χ0v) is 19.5. The van der Waals surface area contributed by atoms with Gasteiger partial charge in [0.1, 0.15) is 6.04 Å². The van der Waals surface area contributed by atoms with Crippen LogP contribution in [0.25, 0.3) is 22.2 Å².